The molecular weight excluding hydrogens is 1660 g/mol. The Hall–Kier alpha value is -3.59. The number of benzene rings is 9. The third-order valence-electron chi connectivity index (χ3n) is 13.1. The molecule has 11 aromatic rings. The van der Waals surface area contributed by atoms with Gasteiger partial charge in [-0.2, -0.15) is 58.3 Å². The van der Waals surface area contributed by atoms with Crippen molar-refractivity contribution in [1.29, 1.82) is 0 Å². The summed E-state index contributed by atoms with van der Waals surface area (Å²) >= 11 is 12.6. The predicted molar refractivity (Wildman–Crippen MR) is 338 cm³/mol. The largest absolute Gasteiger partial charge is 1.00 e. The molecule has 11 rings (SSSR count). The van der Waals surface area contributed by atoms with E-state index in [1.54, 1.807) is 0 Å². The first-order valence-corrected chi connectivity index (χ1v) is 35.7. The summed E-state index contributed by atoms with van der Waals surface area (Å²) in [5, 5.41) is 48.4. The molecule has 0 spiro atoms. The molecule has 512 valence electrons. The smallest absolute Gasteiger partial charge is 0.745 e. The fraction of sp³-hybridized carbons (Fsp3) is 0.0189. The first-order chi connectivity index (χ1) is 46.2. The van der Waals surface area contributed by atoms with Gasteiger partial charge in [-0.1, -0.05) is 46.8 Å². The summed E-state index contributed by atoms with van der Waals surface area (Å²) in [5.41, 5.74) is -2.20. The second-order valence-corrected chi connectivity index (χ2v) is 27.5. The molecule has 0 fully saturated rings. The van der Waals surface area contributed by atoms with Gasteiger partial charge in [-0.3, -0.25) is 0 Å². The minimum atomic E-state index is -5.58. The molecule has 53 heteroatoms. The zero-order chi connectivity index (χ0) is 72.4. The topological polar surface area (TPSA) is 604 Å². The van der Waals surface area contributed by atoms with E-state index in [1.807, 2.05) is 0 Å². The third kappa shape index (κ3) is 25.0. The standard InChI is InChI=1S/C53H34Cl2N14O17S5.7Na.2O3S/c1-24-31-9-5-11-38(88(75,76)77)33(31)17-19-34(24)66-68-44-40(90(81,82)83)22-27-20-30(87(72,73)74)23-37(42(27)46(44)71)59-53-63-49(55)61-51(65-53)57-29-15-13-28(14-16-29)56-50-60-48(54)62-52(64-50)58-35-10-4-7-26-21-39(89(78,79)80)43(45(70)41(26)35)69-67-36-18-12-25-6-2-3-8-32(25)47(36)91(84,85)86;;;;;;;;2*1-4(2)3/h2-3,5,7-23,70-71H,1H3,(H,72,73,74)(H,75,76,77)(H,78,79,80)(H,81,82,83)(H,84,85,86)(H2,56,58,60,62,64)(H2,57,59,61,63,65);;;;;;;;;/q-2;7*+1;;/p-5. The van der Waals surface area contributed by atoms with E-state index in [0.29, 0.717) is 17.8 Å². The van der Waals surface area contributed by atoms with E-state index in [4.69, 9.17) is 48.5 Å². The summed E-state index contributed by atoms with van der Waals surface area (Å²) in [4.78, 5) is 20.1. The molecule has 0 unspecified atom stereocenters. The van der Waals surface area contributed by atoms with Gasteiger partial charge in [-0.15, -0.1) is 76.6 Å². The monoisotopic (exact) mass is 1680 g/mol. The average Bonchev–Trinajstić information content (AvgIpc) is 0.759. The van der Waals surface area contributed by atoms with Crippen molar-refractivity contribution >= 4 is 207 Å². The van der Waals surface area contributed by atoms with Crippen LogP contribution in [-0.4, -0.2) is 130 Å². The number of fused-ring (bicyclic) bond motifs is 4. The van der Waals surface area contributed by atoms with Crippen molar-refractivity contribution in [3.63, 3.8) is 0 Å². The van der Waals surface area contributed by atoms with Gasteiger partial charge < -0.3 is 54.2 Å². The van der Waals surface area contributed by atoms with Crippen molar-refractivity contribution in [2.45, 2.75) is 31.4 Å². The average molecular weight is 1690 g/mol. The molecule has 0 atom stereocenters. The van der Waals surface area contributed by atoms with Crippen molar-refractivity contribution in [3.05, 3.63) is 150 Å². The van der Waals surface area contributed by atoms with Gasteiger partial charge in [0.2, 0.25) is 34.4 Å². The molecule has 0 aliphatic carbocycles. The van der Waals surface area contributed by atoms with Crippen molar-refractivity contribution in [3.8, 4) is 11.5 Å². The van der Waals surface area contributed by atoms with Crippen molar-refractivity contribution in [1.82, 2.24) is 29.9 Å². The van der Waals surface area contributed by atoms with E-state index in [1.165, 1.54) is 91.9 Å². The third-order valence-corrected chi connectivity index (χ3v) is 17.8. The van der Waals surface area contributed by atoms with Crippen molar-refractivity contribution in [2.24, 2.45) is 20.5 Å². The summed E-state index contributed by atoms with van der Waals surface area (Å²) in [6.07, 6.45) is 0. The van der Waals surface area contributed by atoms with Crippen LogP contribution in [0.3, 0.4) is 0 Å². The van der Waals surface area contributed by atoms with E-state index in [2.05, 4.69) is 83.8 Å². The molecule has 0 amide bonds. The molecule has 37 nitrogen and oxygen atoms in total. The van der Waals surface area contributed by atoms with Gasteiger partial charge in [0.05, 0.1) is 36.6 Å². The second-order valence-electron chi connectivity index (χ2n) is 19.3. The number of hydrogen-bond donors (Lipinski definition) is 6. The molecule has 2 aromatic heterocycles. The fourth-order valence-electron chi connectivity index (χ4n) is 9.28. The molecule has 0 saturated carbocycles. The van der Waals surface area contributed by atoms with Crippen LogP contribution >= 0.6 is 23.2 Å². The zero-order valence-electron chi connectivity index (χ0n) is 55.1. The fourth-order valence-corrected chi connectivity index (χ4v) is 12.9. The van der Waals surface area contributed by atoms with E-state index >= 15 is 0 Å². The first-order valence-electron chi connectivity index (χ1n) is 25.9. The number of rotatable bonds is 17. The Morgan fingerprint density at radius 1 is 0.443 bits per heavy atom. The number of nitrogens with zero attached hydrogens (tertiary/aromatic N) is 10. The number of nitrogens with one attached hydrogen (secondary N) is 4. The van der Waals surface area contributed by atoms with Crippen LogP contribution in [-0.2, 0) is 71.8 Å². The predicted octanol–water partition coefficient (Wildman–Crippen LogP) is -13.4. The molecule has 6 N–H and O–H groups in total. The normalized spacial score (nSPS) is 11.3. The number of phenols is 2. The number of hydrogen-bond acceptors (Lipinski definition) is 37. The van der Waals surface area contributed by atoms with E-state index in [0.717, 1.165) is 24.3 Å². The van der Waals surface area contributed by atoms with Gasteiger partial charge in [0.1, 0.15) is 67.7 Å². The van der Waals surface area contributed by atoms with Gasteiger partial charge in [-0.25, -0.2) is 42.1 Å². The van der Waals surface area contributed by atoms with Crippen LogP contribution < -0.4 is 228 Å². The molecular formula is C53H29Cl2N14Na7O23S7. The number of phenolic OH excluding ortho intramolecular Hbond substituents is 2. The number of anilines is 8. The Morgan fingerprint density at radius 3 is 1.35 bits per heavy atom. The summed E-state index contributed by atoms with van der Waals surface area (Å²) in [6, 6.07) is 29.9. The van der Waals surface area contributed by atoms with Crippen LogP contribution in [0.2, 0.25) is 10.6 Å². The molecule has 0 saturated heterocycles. The van der Waals surface area contributed by atoms with Gasteiger partial charge in [0, 0.05) is 21.7 Å². The molecule has 0 radical (unpaired) electrons. The number of aromatic hydroxyl groups is 2. The van der Waals surface area contributed by atoms with Crippen LogP contribution in [0.15, 0.2) is 166 Å². The van der Waals surface area contributed by atoms with Gasteiger partial charge in [0.25, 0.3) is 0 Å². The summed E-state index contributed by atoms with van der Waals surface area (Å²) < 4.78 is 237. The maximum absolute atomic E-state index is 12.7. The Labute approximate surface area is 766 Å². The number of aryl methyl sites for hydroxylation is 1. The SMILES string of the molecule is Cc1c(N=Nc2c(S(=O)(=O)[O-])cc3cc(S(=O)(=O)[O-])cc(Nc4nc(Cl)nc(Nc5ccc(Nc6nc(Cl)nc(Nc7c[c-]cc8cc(S(=O)(=O)[O-])c(N=Nc9ccc%10[c-]cccc%10c9S(=O)(=O)[O-])c(O)c78)n6)cc5)n4)c3c2O)ccc2c(S(=O)(=O)[O-])cccc12.O=S(=O)=O.O=S(=O)=O.[Na+].[Na+].[Na+].[Na+].[Na+].[Na+].[Na+]. The minimum Gasteiger partial charge on any atom is -0.745 e. The second kappa shape index (κ2) is 40.7. The first kappa shape index (κ1) is 98.5. The molecule has 9 aromatic carbocycles. The molecule has 0 aliphatic heterocycles. The number of aromatic nitrogens is 6. The van der Waals surface area contributed by atoms with Crippen LogP contribution in [0.5, 0.6) is 11.5 Å². The quantitative estimate of drug-likeness (QED) is 0.0213. The summed E-state index contributed by atoms with van der Waals surface area (Å²) in [5.74, 6) is -3.22. The van der Waals surface area contributed by atoms with Crippen LogP contribution in [0, 0.1) is 19.1 Å². The van der Waals surface area contributed by atoms with Crippen LogP contribution in [0.4, 0.5) is 69.3 Å². The van der Waals surface area contributed by atoms with Crippen LogP contribution in [0.1, 0.15) is 5.56 Å². The molecule has 0 aliphatic rings. The Balaban J connectivity index is 0.00000242. The maximum Gasteiger partial charge on any atom is 1.00 e. The zero-order valence-corrected chi connectivity index (χ0v) is 76.3. The van der Waals surface area contributed by atoms with Crippen LogP contribution in [0.25, 0.3) is 43.1 Å². The van der Waals surface area contributed by atoms with E-state index < -0.39 is 153 Å². The van der Waals surface area contributed by atoms with Crippen molar-refractivity contribution in [2.75, 3.05) is 21.3 Å². The van der Waals surface area contributed by atoms with E-state index in [-0.39, 0.29) is 285 Å². The number of halogens is 2. The Morgan fingerprint density at radius 2 is 0.877 bits per heavy atom. The minimum absolute atomic E-state index is 0. The molecule has 2 heterocycles. The van der Waals surface area contributed by atoms with Gasteiger partial charge >= 0.3 is 228 Å². The maximum atomic E-state index is 12.7. The summed E-state index contributed by atoms with van der Waals surface area (Å²) in [6.45, 7) is 1.47. The Kier molecular flexibility index (Phi) is 37.9. The molecule has 106 heavy (non-hydrogen) atoms. The van der Waals surface area contributed by atoms with Gasteiger partial charge in [0.15, 0.2) is 5.75 Å². The summed E-state index contributed by atoms with van der Waals surface area (Å²) in [7, 11) is -32.8. The Bertz CT molecular complexity index is 6140. The van der Waals surface area contributed by atoms with E-state index in [9.17, 15) is 75.1 Å². The molecule has 0 bridgehead atoms. The number of azo groups is 2. The van der Waals surface area contributed by atoms with Gasteiger partial charge in [-0.05, 0) is 106 Å². The van der Waals surface area contributed by atoms with Crippen molar-refractivity contribution < 1.29 is 307 Å².